The third-order valence-corrected chi connectivity index (χ3v) is 3.33. The van der Waals surface area contributed by atoms with Crippen LogP contribution in [0.1, 0.15) is 13.3 Å². The molecule has 0 aliphatic carbocycles. The first-order valence-corrected chi connectivity index (χ1v) is 5.75. The third kappa shape index (κ3) is 2.35. The van der Waals surface area contributed by atoms with E-state index in [-0.39, 0.29) is 0 Å². The second-order valence-corrected chi connectivity index (χ2v) is 4.57. The number of hydrogen-bond acceptors (Lipinski definition) is 5. The number of hydrogen-bond donors (Lipinski definition) is 3. The maximum Gasteiger partial charge on any atom is 0.245 e. The largest absolute Gasteiger partial charge is 0.388 e. The number of rotatable bonds is 2. The summed E-state index contributed by atoms with van der Waals surface area (Å²) in [5.74, 6) is -0.448. The molecule has 2 heterocycles. The number of aliphatic hydroxyl groups excluding tert-OH is 2. The Hall–Kier alpha value is -0.950. The van der Waals surface area contributed by atoms with Crippen molar-refractivity contribution in [3.8, 4) is 0 Å². The minimum atomic E-state index is -0.947. The fourth-order valence-corrected chi connectivity index (χ4v) is 2.29. The lowest BCUT2D eigenvalue weighted by atomic mass is 10.1. The van der Waals surface area contributed by atoms with E-state index >= 15 is 0 Å². The van der Waals surface area contributed by atoms with E-state index in [1.54, 1.807) is 13.0 Å². The van der Waals surface area contributed by atoms with Crippen LogP contribution in [-0.2, 0) is 9.53 Å². The molecular formula is C11H18N2O4. The topological polar surface area (TPSA) is 96.0 Å². The molecule has 0 aromatic heterocycles. The minimum Gasteiger partial charge on any atom is -0.388 e. The van der Waals surface area contributed by atoms with Crippen molar-refractivity contribution >= 4 is 5.91 Å². The molecule has 0 spiro atoms. The van der Waals surface area contributed by atoms with Gasteiger partial charge in [0, 0.05) is 18.7 Å². The van der Waals surface area contributed by atoms with Crippen LogP contribution >= 0.6 is 0 Å². The average molecular weight is 242 g/mol. The summed E-state index contributed by atoms with van der Waals surface area (Å²) in [5.41, 5.74) is 5.76. The Morgan fingerprint density at radius 2 is 2.24 bits per heavy atom. The number of primary amides is 1. The second kappa shape index (κ2) is 4.73. The summed E-state index contributed by atoms with van der Waals surface area (Å²) < 4.78 is 5.50. The molecule has 96 valence electrons. The van der Waals surface area contributed by atoms with Gasteiger partial charge in [-0.1, -0.05) is 6.08 Å². The zero-order valence-corrected chi connectivity index (χ0v) is 9.74. The molecule has 0 saturated carbocycles. The monoisotopic (exact) mass is 242 g/mol. The summed E-state index contributed by atoms with van der Waals surface area (Å²) in [6.45, 7) is 2.75. The fourth-order valence-electron chi connectivity index (χ4n) is 2.29. The van der Waals surface area contributed by atoms with Gasteiger partial charge in [0.15, 0.2) is 0 Å². The number of carbonyl (C=O) groups excluding carboxylic acids is 1. The maximum atomic E-state index is 11.1. The number of aliphatic hydroxyl groups is 2. The first-order chi connectivity index (χ1) is 8.00. The smallest absolute Gasteiger partial charge is 0.245 e. The molecule has 0 aromatic carbocycles. The van der Waals surface area contributed by atoms with Gasteiger partial charge in [-0.25, -0.2) is 0 Å². The second-order valence-electron chi connectivity index (χ2n) is 4.57. The number of nitrogens with zero attached hydrogens (tertiary/aromatic N) is 1. The van der Waals surface area contributed by atoms with Crippen molar-refractivity contribution in [3.05, 3.63) is 11.6 Å². The van der Waals surface area contributed by atoms with Gasteiger partial charge in [0.25, 0.3) is 0 Å². The van der Waals surface area contributed by atoms with Gasteiger partial charge in [-0.05, 0) is 13.3 Å². The lowest BCUT2D eigenvalue weighted by Gasteiger charge is -2.32. The highest BCUT2D eigenvalue weighted by Gasteiger charge is 2.43. The van der Waals surface area contributed by atoms with Crippen molar-refractivity contribution < 1.29 is 19.7 Å². The van der Waals surface area contributed by atoms with E-state index in [2.05, 4.69) is 0 Å². The molecule has 0 radical (unpaired) electrons. The van der Waals surface area contributed by atoms with Gasteiger partial charge >= 0.3 is 0 Å². The van der Waals surface area contributed by atoms with Crippen molar-refractivity contribution in [1.29, 1.82) is 0 Å². The summed E-state index contributed by atoms with van der Waals surface area (Å²) in [6, 6.07) is 0. The molecule has 0 bridgehead atoms. The van der Waals surface area contributed by atoms with E-state index in [4.69, 9.17) is 10.5 Å². The third-order valence-electron chi connectivity index (χ3n) is 3.33. The van der Waals surface area contributed by atoms with Crippen molar-refractivity contribution in [2.24, 2.45) is 5.73 Å². The molecular weight excluding hydrogens is 224 g/mol. The van der Waals surface area contributed by atoms with Crippen molar-refractivity contribution in [1.82, 2.24) is 4.90 Å². The lowest BCUT2D eigenvalue weighted by Crippen LogP contribution is -2.47. The van der Waals surface area contributed by atoms with Gasteiger partial charge in [-0.15, -0.1) is 0 Å². The van der Waals surface area contributed by atoms with Crippen LogP contribution in [0.4, 0.5) is 0 Å². The lowest BCUT2D eigenvalue weighted by molar-refractivity contribution is -0.116. The quantitative estimate of drug-likeness (QED) is 0.552. The Morgan fingerprint density at radius 3 is 2.76 bits per heavy atom. The first kappa shape index (κ1) is 12.5. The Labute approximate surface area is 99.7 Å². The highest BCUT2D eigenvalue weighted by molar-refractivity contribution is 5.92. The predicted molar refractivity (Wildman–Crippen MR) is 59.8 cm³/mol. The van der Waals surface area contributed by atoms with E-state index in [9.17, 15) is 15.0 Å². The number of amides is 1. The summed E-state index contributed by atoms with van der Waals surface area (Å²) in [7, 11) is 0. The Bertz CT molecular complexity index is 344. The summed E-state index contributed by atoms with van der Waals surface area (Å²) in [5, 5.41) is 19.5. The van der Waals surface area contributed by atoms with Crippen LogP contribution in [0.5, 0.6) is 0 Å². The van der Waals surface area contributed by atoms with E-state index in [1.165, 1.54) is 0 Å². The van der Waals surface area contributed by atoms with Crippen LogP contribution in [0.3, 0.4) is 0 Å². The zero-order chi connectivity index (χ0) is 12.6. The predicted octanol–water partition coefficient (Wildman–Crippen LogP) is -1.43. The van der Waals surface area contributed by atoms with E-state index in [0.717, 1.165) is 0 Å². The normalized spacial score (nSPS) is 39.1. The first-order valence-electron chi connectivity index (χ1n) is 5.75. The van der Waals surface area contributed by atoms with Crippen LogP contribution < -0.4 is 5.73 Å². The van der Waals surface area contributed by atoms with Crippen LogP contribution in [-0.4, -0.2) is 58.6 Å². The number of carbonyl (C=O) groups is 1. The van der Waals surface area contributed by atoms with Crippen molar-refractivity contribution in [2.45, 2.75) is 37.9 Å². The molecule has 17 heavy (non-hydrogen) atoms. The summed E-state index contributed by atoms with van der Waals surface area (Å²) in [6.07, 6.45) is -0.309. The van der Waals surface area contributed by atoms with Crippen LogP contribution in [0.15, 0.2) is 11.6 Å². The molecule has 0 aromatic rings. The average Bonchev–Trinajstić information content (AvgIpc) is 2.57. The molecule has 6 nitrogen and oxygen atoms in total. The molecule has 1 fully saturated rings. The Kier molecular flexibility index (Phi) is 3.48. The molecule has 1 amide bonds. The molecule has 4 unspecified atom stereocenters. The summed E-state index contributed by atoms with van der Waals surface area (Å²) >= 11 is 0. The highest BCUT2D eigenvalue weighted by atomic mass is 16.6. The Morgan fingerprint density at radius 1 is 1.53 bits per heavy atom. The van der Waals surface area contributed by atoms with Crippen molar-refractivity contribution in [3.63, 3.8) is 0 Å². The van der Waals surface area contributed by atoms with Gasteiger partial charge < -0.3 is 20.7 Å². The zero-order valence-electron chi connectivity index (χ0n) is 9.74. The van der Waals surface area contributed by atoms with E-state index in [1.807, 2.05) is 4.90 Å². The molecule has 4 atom stereocenters. The SMILES string of the molecule is CC1OC(N2CCC=C(C(N)=O)C2)C(O)C1O. The van der Waals surface area contributed by atoms with Gasteiger partial charge in [-0.3, -0.25) is 9.69 Å². The van der Waals surface area contributed by atoms with Gasteiger partial charge in [-0.2, -0.15) is 0 Å². The molecule has 1 saturated heterocycles. The van der Waals surface area contributed by atoms with Crippen molar-refractivity contribution in [2.75, 3.05) is 13.1 Å². The van der Waals surface area contributed by atoms with Gasteiger partial charge in [0.05, 0.1) is 6.10 Å². The summed E-state index contributed by atoms with van der Waals surface area (Å²) in [4.78, 5) is 12.9. The number of nitrogens with two attached hydrogens (primary N) is 1. The van der Waals surface area contributed by atoms with Gasteiger partial charge in [0.2, 0.25) is 5.91 Å². The molecule has 6 heteroatoms. The maximum absolute atomic E-state index is 11.1. The minimum absolute atomic E-state index is 0.358. The standard InChI is InChI=1S/C11H18N2O4/c1-6-8(14)9(15)11(17-6)13-4-2-3-7(5-13)10(12)16/h3,6,8-9,11,14-15H,2,4-5H2,1H3,(H2,12,16). The molecule has 2 aliphatic heterocycles. The number of ether oxygens (including phenoxy) is 1. The highest BCUT2D eigenvalue weighted by Crippen LogP contribution is 2.26. The Balaban J connectivity index is 2.05. The van der Waals surface area contributed by atoms with Crippen LogP contribution in [0, 0.1) is 0 Å². The molecule has 4 N–H and O–H groups in total. The molecule has 2 rings (SSSR count). The van der Waals surface area contributed by atoms with Crippen LogP contribution in [0.25, 0.3) is 0 Å². The van der Waals surface area contributed by atoms with E-state index in [0.29, 0.717) is 25.1 Å². The van der Waals surface area contributed by atoms with Gasteiger partial charge in [0.1, 0.15) is 18.4 Å². The van der Waals surface area contributed by atoms with Crippen LogP contribution in [0.2, 0.25) is 0 Å². The fraction of sp³-hybridized carbons (Fsp3) is 0.727. The molecule has 2 aliphatic rings. The van der Waals surface area contributed by atoms with E-state index < -0.39 is 30.4 Å².